The third kappa shape index (κ3) is 5.56. The molecule has 0 aromatic heterocycles. The summed E-state index contributed by atoms with van der Waals surface area (Å²) < 4.78 is 17.4. The van der Waals surface area contributed by atoms with Gasteiger partial charge in [0.15, 0.2) is 0 Å². The summed E-state index contributed by atoms with van der Waals surface area (Å²) in [7, 11) is 1.35. The first-order valence-corrected chi connectivity index (χ1v) is 12.7. The van der Waals surface area contributed by atoms with Crippen molar-refractivity contribution in [2.75, 3.05) is 13.9 Å². The van der Waals surface area contributed by atoms with Gasteiger partial charge in [0.05, 0.1) is 0 Å². The number of fused-ring (bicyclic) bond motifs is 1. The number of hydrogen-bond acceptors (Lipinski definition) is 5. The number of carbonyl (C=O) groups excluding carboxylic acids is 2. The van der Waals surface area contributed by atoms with E-state index < -0.39 is 11.5 Å². The zero-order valence-electron chi connectivity index (χ0n) is 18.3. The van der Waals surface area contributed by atoms with Crippen LogP contribution in [0.25, 0.3) is 0 Å². The van der Waals surface area contributed by atoms with E-state index in [1.165, 1.54) is 11.6 Å². The van der Waals surface area contributed by atoms with Gasteiger partial charge in [-0.15, -0.1) is 0 Å². The quantitative estimate of drug-likeness (QED) is 0.354. The molecule has 1 amide bonds. The molecule has 0 radical (unpaired) electrons. The van der Waals surface area contributed by atoms with Gasteiger partial charge in [0, 0.05) is 0 Å². The molecule has 1 N–H and O–H groups in total. The van der Waals surface area contributed by atoms with E-state index >= 15 is 0 Å². The van der Waals surface area contributed by atoms with E-state index in [2.05, 4.69) is 17.4 Å². The molecule has 0 unspecified atom stereocenters. The molecule has 1 heterocycles. The van der Waals surface area contributed by atoms with Crippen molar-refractivity contribution in [2.45, 2.75) is 23.7 Å². The standard InChI is InChI=1S/C26H25NO5Se/c1-30-25(29)26(14-15-33-21-10-6-3-7-11-21,27-24(28)20-8-4-2-5-9-20)17-19-12-13-22-23(16-19)32-18-31-22/h2-13,16H,14-15,17-18H2,1H3,(H,27,28)/t26-/m0/s1. The minimum absolute atomic E-state index is 0.146. The van der Waals surface area contributed by atoms with Gasteiger partial charge >= 0.3 is 200 Å². The van der Waals surface area contributed by atoms with Crippen molar-refractivity contribution in [1.82, 2.24) is 5.32 Å². The molecule has 1 aliphatic heterocycles. The molecular formula is C26H25NO5Se. The Morgan fingerprint density at radius 3 is 2.39 bits per heavy atom. The Bertz CT molecular complexity index is 1110. The zero-order chi connectivity index (χ0) is 23.1. The van der Waals surface area contributed by atoms with Crippen LogP contribution in [0.2, 0.25) is 5.32 Å². The number of benzene rings is 3. The van der Waals surface area contributed by atoms with E-state index in [9.17, 15) is 9.59 Å². The number of hydrogen-bond donors (Lipinski definition) is 1. The van der Waals surface area contributed by atoms with Crippen LogP contribution < -0.4 is 19.3 Å². The minimum atomic E-state index is -1.22. The normalized spacial score (nSPS) is 13.7. The number of ether oxygens (including phenoxy) is 3. The van der Waals surface area contributed by atoms with Gasteiger partial charge in [-0.05, 0) is 0 Å². The third-order valence-corrected chi connectivity index (χ3v) is 7.58. The van der Waals surface area contributed by atoms with Crippen LogP contribution in [0, 0.1) is 0 Å². The van der Waals surface area contributed by atoms with Crippen LogP contribution in [0.3, 0.4) is 0 Å². The molecule has 0 saturated heterocycles. The SMILES string of the molecule is COC(=O)[C@](CC[Se]c1ccccc1)(Cc1ccc2c(c1)OCO2)NC(=O)c1ccccc1. The molecule has 0 spiro atoms. The van der Waals surface area contributed by atoms with Crippen molar-refractivity contribution in [3.8, 4) is 11.5 Å². The average molecular weight is 510 g/mol. The Labute approximate surface area is 199 Å². The maximum atomic E-state index is 13.2. The molecule has 1 atom stereocenters. The van der Waals surface area contributed by atoms with E-state index in [0.717, 1.165) is 10.9 Å². The van der Waals surface area contributed by atoms with Crippen molar-refractivity contribution in [2.24, 2.45) is 0 Å². The van der Waals surface area contributed by atoms with Crippen molar-refractivity contribution in [3.05, 3.63) is 90.0 Å². The molecule has 0 bridgehead atoms. The van der Waals surface area contributed by atoms with Gasteiger partial charge in [-0.3, -0.25) is 0 Å². The Kier molecular flexibility index (Phi) is 7.33. The molecule has 0 aliphatic carbocycles. The summed E-state index contributed by atoms with van der Waals surface area (Å²) in [6.07, 6.45) is 0.724. The topological polar surface area (TPSA) is 73.9 Å². The summed E-state index contributed by atoms with van der Waals surface area (Å²) in [6, 6.07) is 24.6. The van der Waals surface area contributed by atoms with Gasteiger partial charge < -0.3 is 0 Å². The molecule has 3 aromatic carbocycles. The second-order valence-electron chi connectivity index (χ2n) is 7.67. The van der Waals surface area contributed by atoms with E-state index in [1.54, 1.807) is 24.3 Å². The van der Waals surface area contributed by atoms with Gasteiger partial charge in [0.2, 0.25) is 0 Å². The maximum absolute atomic E-state index is 13.2. The van der Waals surface area contributed by atoms with E-state index in [0.29, 0.717) is 23.5 Å². The molecule has 170 valence electrons. The summed E-state index contributed by atoms with van der Waals surface area (Å²) in [5.74, 6) is 0.527. The van der Waals surface area contributed by atoms with Crippen LogP contribution in [0.15, 0.2) is 78.9 Å². The van der Waals surface area contributed by atoms with Gasteiger partial charge in [-0.25, -0.2) is 0 Å². The van der Waals surface area contributed by atoms with Gasteiger partial charge in [0.1, 0.15) is 0 Å². The van der Waals surface area contributed by atoms with Crippen molar-refractivity contribution < 1.29 is 23.8 Å². The van der Waals surface area contributed by atoms with E-state index in [4.69, 9.17) is 14.2 Å². The predicted molar refractivity (Wildman–Crippen MR) is 126 cm³/mol. The number of rotatable bonds is 9. The first kappa shape index (κ1) is 22.9. The fraction of sp³-hybridized carbons (Fsp3) is 0.231. The Morgan fingerprint density at radius 2 is 1.67 bits per heavy atom. The van der Waals surface area contributed by atoms with Crippen molar-refractivity contribution in [3.63, 3.8) is 0 Å². The van der Waals surface area contributed by atoms with Crippen LogP contribution in [-0.2, 0) is 16.0 Å². The summed E-state index contributed by atoms with van der Waals surface area (Å²) >= 11 is 0.146. The van der Waals surface area contributed by atoms with Crippen LogP contribution >= 0.6 is 0 Å². The first-order chi connectivity index (χ1) is 16.1. The first-order valence-electron chi connectivity index (χ1n) is 10.6. The Morgan fingerprint density at radius 1 is 0.970 bits per heavy atom. The fourth-order valence-electron chi connectivity index (χ4n) is 3.75. The third-order valence-electron chi connectivity index (χ3n) is 5.45. The van der Waals surface area contributed by atoms with E-state index in [1.807, 2.05) is 42.5 Å². The number of carbonyl (C=O) groups is 2. The van der Waals surface area contributed by atoms with Gasteiger partial charge in [-0.2, -0.15) is 0 Å². The van der Waals surface area contributed by atoms with Crippen molar-refractivity contribution >= 4 is 31.3 Å². The number of methoxy groups -OCH3 is 1. The molecule has 33 heavy (non-hydrogen) atoms. The molecule has 4 rings (SSSR count). The van der Waals surface area contributed by atoms with Crippen LogP contribution in [-0.4, -0.2) is 46.3 Å². The molecular weight excluding hydrogens is 485 g/mol. The van der Waals surface area contributed by atoms with Crippen molar-refractivity contribution in [1.29, 1.82) is 0 Å². The monoisotopic (exact) mass is 511 g/mol. The van der Waals surface area contributed by atoms with Crippen LogP contribution in [0.4, 0.5) is 0 Å². The molecule has 1 aliphatic rings. The summed E-state index contributed by atoms with van der Waals surface area (Å²) in [4.78, 5) is 26.3. The second kappa shape index (κ2) is 10.6. The summed E-state index contributed by atoms with van der Waals surface area (Å²) in [5.41, 5.74) is 0.126. The Balaban J connectivity index is 1.62. The Hall–Kier alpha value is -3.28. The molecule has 6 nitrogen and oxygen atoms in total. The molecule has 3 aromatic rings. The zero-order valence-corrected chi connectivity index (χ0v) is 20.0. The molecule has 7 heteroatoms. The number of esters is 1. The average Bonchev–Trinajstić information content (AvgIpc) is 3.32. The fourth-order valence-corrected chi connectivity index (χ4v) is 5.93. The van der Waals surface area contributed by atoms with Gasteiger partial charge in [0.25, 0.3) is 0 Å². The molecule has 0 fully saturated rings. The van der Waals surface area contributed by atoms with E-state index in [-0.39, 0.29) is 34.1 Å². The number of nitrogens with one attached hydrogen (secondary N) is 1. The van der Waals surface area contributed by atoms with Crippen LogP contribution in [0.5, 0.6) is 11.5 Å². The summed E-state index contributed by atoms with van der Waals surface area (Å²) in [5, 5.41) is 3.78. The summed E-state index contributed by atoms with van der Waals surface area (Å²) in [6.45, 7) is 0.172. The van der Waals surface area contributed by atoms with Crippen LogP contribution in [0.1, 0.15) is 22.3 Å². The van der Waals surface area contributed by atoms with Gasteiger partial charge in [-0.1, -0.05) is 0 Å². The molecule has 0 saturated carbocycles. The predicted octanol–water partition coefficient (Wildman–Crippen LogP) is 3.14. The number of amides is 1. The second-order valence-corrected chi connectivity index (χ2v) is 10.1.